The highest BCUT2D eigenvalue weighted by molar-refractivity contribution is 5.97. The third-order valence-electron chi connectivity index (χ3n) is 5.14. The Morgan fingerprint density at radius 1 is 1.03 bits per heavy atom. The summed E-state index contributed by atoms with van der Waals surface area (Å²) in [5.41, 5.74) is 8.44. The fourth-order valence-electron chi connectivity index (χ4n) is 3.63. The zero-order valence-corrected chi connectivity index (χ0v) is 17.9. The molecule has 8 heteroatoms. The second-order valence-electron chi connectivity index (χ2n) is 7.92. The minimum Gasteiger partial charge on any atom is -0.491 e. The van der Waals surface area contributed by atoms with Gasteiger partial charge >= 0.3 is 0 Å². The van der Waals surface area contributed by atoms with E-state index in [1.165, 1.54) is 24.9 Å². The van der Waals surface area contributed by atoms with Gasteiger partial charge in [-0.3, -0.25) is 4.79 Å². The lowest BCUT2D eigenvalue weighted by atomic mass is 10.1. The Balaban J connectivity index is 1.44. The topological polar surface area (TPSA) is 98.3 Å². The molecule has 162 valence electrons. The van der Waals surface area contributed by atoms with E-state index in [1.54, 1.807) is 24.3 Å². The molecule has 4 rings (SSSR count). The number of ether oxygens (including phenoxy) is 1. The normalized spacial score (nSPS) is 14.0. The van der Waals surface area contributed by atoms with Gasteiger partial charge in [-0.05, 0) is 81.6 Å². The molecule has 1 saturated heterocycles. The van der Waals surface area contributed by atoms with Gasteiger partial charge in [-0.25, -0.2) is 0 Å². The molecule has 0 saturated carbocycles. The van der Waals surface area contributed by atoms with Crippen molar-refractivity contribution in [1.82, 2.24) is 14.8 Å². The maximum Gasteiger partial charge on any atom is 0.281 e. The van der Waals surface area contributed by atoms with Gasteiger partial charge in [-0.2, -0.15) is 9.67 Å². The summed E-state index contributed by atoms with van der Waals surface area (Å²) in [4.78, 5) is 19.4. The number of carbonyl (C=O) groups excluding carboxylic acids is 1. The highest BCUT2D eigenvalue weighted by atomic mass is 16.5. The van der Waals surface area contributed by atoms with Gasteiger partial charge in [0.1, 0.15) is 5.75 Å². The van der Waals surface area contributed by atoms with Crippen LogP contribution in [0, 0.1) is 0 Å². The number of nitrogens with one attached hydrogen (secondary N) is 1. The van der Waals surface area contributed by atoms with Crippen molar-refractivity contribution in [3.63, 3.8) is 0 Å². The van der Waals surface area contributed by atoms with Crippen molar-refractivity contribution >= 4 is 29.2 Å². The highest BCUT2D eigenvalue weighted by Crippen LogP contribution is 2.23. The number of rotatable bonds is 6. The molecular formula is C23H28N6O2. The van der Waals surface area contributed by atoms with Crippen molar-refractivity contribution < 1.29 is 9.53 Å². The van der Waals surface area contributed by atoms with Crippen molar-refractivity contribution in [2.24, 2.45) is 0 Å². The third kappa shape index (κ3) is 4.96. The zero-order valence-electron chi connectivity index (χ0n) is 17.9. The minimum absolute atomic E-state index is 0.0277. The molecule has 0 atom stereocenters. The van der Waals surface area contributed by atoms with Crippen LogP contribution in [-0.4, -0.2) is 39.9 Å². The molecule has 1 fully saturated rings. The summed E-state index contributed by atoms with van der Waals surface area (Å²) in [6, 6.07) is 15.0. The van der Waals surface area contributed by atoms with Gasteiger partial charge in [0.05, 0.1) is 6.10 Å². The van der Waals surface area contributed by atoms with E-state index in [-0.39, 0.29) is 23.9 Å². The summed E-state index contributed by atoms with van der Waals surface area (Å²) >= 11 is 0. The van der Waals surface area contributed by atoms with Gasteiger partial charge in [-0.15, -0.1) is 5.10 Å². The van der Waals surface area contributed by atoms with E-state index in [4.69, 9.17) is 10.5 Å². The predicted molar refractivity (Wildman–Crippen MR) is 122 cm³/mol. The molecule has 0 aliphatic carbocycles. The number of aromatic nitrogens is 3. The maximum atomic E-state index is 12.8. The van der Waals surface area contributed by atoms with Crippen LogP contribution in [-0.2, 0) is 0 Å². The standard InChI is InChI=1S/C23H28N6O2/c1-16(2)31-20-12-6-17(7-13-20)21(30)29-22(24)26-23(27-29)25-18-8-10-19(11-9-18)28-14-4-3-5-15-28/h6-13,16H,3-5,14-15H2,1-2H3,(H3,24,25,26,27). The Hall–Kier alpha value is -3.55. The molecule has 1 aromatic heterocycles. The predicted octanol–water partition coefficient (Wildman–Crippen LogP) is 4.07. The second kappa shape index (κ2) is 9.07. The lowest BCUT2D eigenvalue weighted by Crippen LogP contribution is -2.29. The van der Waals surface area contributed by atoms with Crippen molar-refractivity contribution in [2.45, 2.75) is 39.2 Å². The number of benzene rings is 2. The molecule has 3 N–H and O–H groups in total. The van der Waals surface area contributed by atoms with Gasteiger partial charge in [0.25, 0.3) is 5.91 Å². The van der Waals surface area contributed by atoms with E-state index >= 15 is 0 Å². The summed E-state index contributed by atoms with van der Waals surface area (Å²) in [6.07, 6.45) is 3.85. The number of nitrogen functional groups attached to an aromatic ring is 1. The zero-order chi connectivity index (χ0) is 21.8. The Kier molecular flexibility index (Phi) is 6.06. The van der Waals surface area contributed by atoms with Gasteiger partial charge in [0.15, 0.2) is 0 Å². The van der Waals surface area contributed by atoms with E-state index in [2.05, 4.69) is 32.4 Å². The molecule has 0 radical (unpaired) electrons. The molecule has 3 aromatic rings. The smallest absolute Gasteiger partial charge is 0.281 e. The van der Waals surface area contributed by atoms with Crippen LogP contribution in [0.2, 0.25) is 0 Å². The Bertz CT molecular complexity index is 1020. The monoisotopic (exact) mass is 420 g/mol. The van der Waals surface area contributed by atoms with Crippen LogP contribution >= 0.6 is 0 Å². The number of nitrogens with zero attached hydrogens (tertiary/aromatic N) is 4. The number of hydrogen-bond acceptors (Lipinski definition) is 7. The lowest BCUT2D eigenvalue weighted by molar-refractivity contribution is 0.0948. The largest absolute Gasteiger partial charge is 0.491 e. The molecule has 31 heavy (non-hydrogen) atoms. The van der Waals surface area contributed by atoms with Crippen LogP contribution in [0.5, 0.6) is 5.75 Å². The summed E-state index contributed by atoms with van der Waals surface area (Å²) in [5.74, 6) is 0.652. The lowest BCUT2D eigenvalue weighted by Gasteiger charge is -2.28. The Morgan fingerprint density at radius 2 is 1.71 bits per heavy atom. The molecule has 8 nitrogen and oxygen atoms in total. The second-order valence-corrected chi connectivity index (χ2v) is 7.92. The molecule has 0 amide bonds. The molecule has 2 aromatic carbocycles. The fourth-order valence-corrected chi connectivity index (χ4v) is 3.63. The summed E-state index contributed by atoms with van der Waals surface area (Å²) in [5, 5.41) is 7.36. The molecule has 1 aliphatic heterocycles. The third-order valence-corrected chi connectivity index (χ3v) is 5.14. The van der Waals surface area contributed by atoms with Gasteiger partial charge in [0, 0.05) is 30.0 Å². The molecule has 1 aliphatic rings. The number of carbonyl (C=O) groups is 1. The van der Waals surface area contributed by atoms with Gasteiger partial charge < -0.3 is 20.7 Å². The minimum atomic E-state index is -0.352. The van der Waals surface area contributed by atoms with Crippen molar-refractivity contribution in [3.05, 3.63) is 54.1 Å². The van der Waals surface area contributed by atoms with Crippen LogP contribution in [0.25, 0.3) is 0 Å². The first kappa shape index (κ1) is 20.7. The van der Waals surface area contributed by atoms with Crippen LogP contribution < -0.4 is 20.7 Å². The fraction of sp³-hybridized carbons (Fsp3) is 0.348. The van der Waals surface area contributed by atoms with Crippen molar-refractivity contribution in [3.8, 4) is 5.75 Å². The number of nitrogens with two attached hydrogens (primary N) is 1. The van der Waals surface area contributed by atoms with Crippen LogP contribution in [0.1, 0.15) is 43.5 Å². The van der Waals surface area contributed by atoms with E-state index < -0.39 is 0 Å². The SMILES string of the molecule is CC(C)Oc1ccc(C(=O)n2nc(Nc3ccc(N4CCCCC4)cc3)nc2N)cc1. The van der Waals surface area contributed by atoms with Crippen LogP contribution in [0.3, 0.4) is 0 Å². The molecule has 0 bridgehead atoms. The van der Waals surface area contributed by atoms with E-state index in [1.807, 2.05) is 26.0 Å². The molecular weight excluding hydrogens is 392 g/mol. The number of anilines is 4. The van der Waals surface area contributed by atoms with E-state index in [0.29, 0.717) is 11.3 Å². The quantitative estimate of drug-likeness (QED) is 0.620. The van der Waals surface area contributed by atoms with Crippen molar-refractivity contribution in [2.75, 3.05) is 29.0 Å². The highest BCUT2D eigenvalue weighted by Gasteiger charge is 2.17. The van der Waals surface area contributed by atoms with Crippen molar-refractivity contribution in [1.29, 1.82) is 0 Å². The maximum absolute atomic E-state index is 12.8. The molecule has 2 heterocycles. The van der Waals surface area contributed by atoms with Crippen LogP contribution in [0.15, 0.2) is 48.5 Å². The van der Waals surface area contributed by atoms with E-state index in [9.17, 15) is 4.79 Å². The first-order chi connectivity index (χ1) is 15.0. The summed E-state index contributed by atoms with van der Waals surface area (Å²) < 4.78 is 6.71. The summed E-state index contributed by atoms with van der Waals surface area (Å²) in [6.45, 7) is 6.10. The average Bonchev–Trinajstić information content (AvgIpc) is 3.14. The number of piperidine rings is 1. The average molecular weight is 421 g/mol. The van der Waals surface area contributed by atoms with Crippen LogP contribution in [0.4, 0.5) is 23.3 Å². The van der Waals surface area contributed by atoms with Gasteiger partial charge in [-0.1, -0.05) is 0 Å². The van der Waals surface area contributed by atoms with E-state index in [0.717, 1.165) is 23.5 Å². The summed E-state index contributed by atoms with van der Waals surface area (Å²) in [7, 11) is 0. The van der Waals surface area contributed by atoms with Gasteiger partial charge in [0.2, 0.25) is 11.9 Å². The first-order valence-corrected chi connectivity index (χ1v) is 10.7. The number of hydrogen-bond donors (Lipinski definition) is 2. The Labute approximate surface area is 182 Å². The molecule has 0 spiro atoms. The Morgan fingerprint density at radius 3 is 2.35 bits per heavy atom. The first-order valence-electron chi connectivity index (χ1n) is 10.7. The molecule has 0 unspecified atom stereocenters.